The second-order valence-electron chi connectivity index (χ2n) is 8.34. The largest absolute Gasteiger partial charge is 0.497 e. The summed E-state index contributed by atoms with van der Waals surface area (Å²) in [6.45, 7) is 1.54. The summed E-state index contributed by atoms with van der Waals surface area (Å²) in [6, 6.07) is 28.1. The van der Waals surface area contributed by atoms with E-state index in [1.807, 2.05) is 24.3 Å². The third-order valence-electron chi connectivity index (χ3n) is 5.56. The third kappa shape index (κ3) is 9.02. The molecule has 0 saturated carbocycles. The normalized spacial score (nSPS) is 9.90. The van der Waals surface area contributed by atoms with Gasteiger partial charge in [-0.1, -0.05) is 0 Å². The summed E-state index contributed by atoms with van der Waals surface area (Å²) in [5.41, 5.74) is 1.12. The van der Waals surface area contributed by atoms with Crippen LogP contribution >= 0.6 is 0 Å². The maximum absolute atomic E-state index is 11.8. The number of methoxy groups -OCH3 is 3. The van der Waals surface area contributed by atoms with Crippen LogP contribution in [-0.4, -0.2) is 38.9 Å². The van der Waals surface area contributed by atoms with Crippen LogP contribution in [0, 0.1) is 0 Å². The number of carbonyl (C=O) groups is 3. The van der Waals surface area contributed by atoms with E-state index in [2.05, 4.69) is 4.74 Å². The molecule has 4 aromatic rings. The predicted molar refractivity (Wildman–Crippen MR) is 150 cm³/mol. The molecule has 206 valence electrons. The van der Waals surface area contributed by atoms with Crippen molar-refractivity contribution >= 4 is 17.5 Å². The maximum atomic E-state index is 11.8. The molecule has 4 aromatic carbocycles. The Morgan fingerprint density at radius 3 is 1.15 bits per heavy atom. The van der Waals surface area contributed by atoms with Gasteiger partial charge in [0, 0.05) is 11.1 Å². The van der Waals surface area contributed by atoms with Gasteiger partial charge in [-0.3, -0.25) is 14.4 Å². The summed E-state index contributed by atoms with van der Waals surface area (Å²) in [5.74, 6) is 3.42. The topological polar surface area (TPSA) is 97.4 Å². The van der Waals surface area contributed by atoms with Crippen molar-refractivity contribution in [1.82, 2.24) is 0 Å². The Balaban J connectivity index is 0.000000225. The molecule has 8 heteroatoms. The van der Waals surface area contributed by atoms with E-state index < -0.39 is 5.97 Å². The number of ketones is 2. The number of carbonyl (C=O) groups excluding carboxylic acids is 3. The average molecular weight is 543 g/mol. The molecular weight excluding hydrogens is 512 g/mol. The van der Waals surface area contributed by atoms with E-state index in [1.165, 1.54) is 7.11 Å². The summed E-state index contributed by atoms with van der Waals surface area (Å²) in [4.78, 5) is 34.0. The van der Waals surface area contributed by atoms with Gasteiger partial charge in [-0.05, 0) is 104 Å². The average Bonchev–Trinajstić information content (AvgIpc) is 2.99. The lowest BCUT2D eigenvalue weighted by molar-refractivity contribution is -0.139. The number of hydrogen-bond acceptors (Lipinski definition) is 8. The van der Waals surface area contributed by atoms with Crippen LogP contribution in [0.15, 0.2) is 97.1 Å². The van der Waals surface area contributed by atoms with Crippen LogP contribution in [0.25, 0.3) is 0 Å². The van der Waals surface area contributed by atoms with Gasteiger partial charge in [0.1, 0.15) is 40.9 Å². The van der Waals surface area contributed by atoms with Gasteiger partial charge >= 0.3 is 5.97 Å². The van der Waals surface area contributed by atoms with Gasteiger partial charge in [0.2, 0.25) is 0 Å². The van der Waals surface area contributed by atoms with Crippen molar-refractivity contribution < 1.29 is 38.1 Å². The molecule has 0 radical (unpaired) electrons. The molecule has 0 bridgehead atoms. The molecule has 0 N–H and O–H groups in total. The summed E-state index contributed by atoms with van der Waals surface area (Å²) < 4.78 is 25.9. The zero-order chi connectivity index (χ0) is 28.9. The fourth-order valence-corrected chi connectivity index (χ4v) is 3.33. The molecule has 8 nitrogen and oxygen atoms in total. The number of Topliss-reactive ketones (excluding diaryl/α,β-unsaturated/α-hetero) is 2. The molecule has 0 amide bonds. The van der Waals surface area contributed by atoms with Crippen molar-refractivity contribution in [2.24, 2.45) is 0 Å². The van der Waals surface area contributed by atoms with Crippen molar-refractivity contribution in [2.75, 3.05) is 21.3 Å². The van der Waals surface area contributed by atoms with Gasteiger partial charge in [0.05, 0.1) is 21.3 Å². The van der Waals surface area contributed by atoms with E-state index >= 15 is 0 Å². The lowest BCUT2D eigenvalue weighted by Crippen LogP contribution is -2.09. The van der Waals surface area contributed by atoms with Crippen LogP contribution in [0.1, 0.15) is 34.1 Å². The lowest BCUT2D eigenvalue weighted by Gasteiger charge is -2.07. The molecule has 0 saturated heterocycles. The molecule has 0 unspecified atom stereocenters. The Hall–Kier alpha value is -5.11. The van der Waals surface area contributed by atoms with Crippen molar-refractivity contribution in [3.05, 3.63) is 108 Å². The standard InChI is InChI=1S/C17H16O5.C15H14O3/c1-20-13-7-9-15(10-8-13)22-14-5-3-12(4-6-14)16(18)11-17(19)21-2;1-11(16)12-3-5-14(6-4-12)18-15-9-7-13(17-2)8-10-15/h3-10H,11H2,1-2H3;3-10H,1-2H3. The van der Waals surface area contributed by atoms with Gasteiger partial charge in [-0.25, -0.2) is 0 Å². The van der Waals surface area contributed by atoms with Crippen molar-refractivity contribution in [2.45, 2.75) is 13.3 Å². The molecule has 0 aromatic heterocycles. The number of ether oxygens (including phenoxy) is 5. The van der Waals surface area contributed by atoms with Crippen molar-refractivity contribution in [3.8, 4) is 34.5 Å². The highest BCUT2D eigenvalue weighted by molar-refractivity contribution is 6.05. The van der Waals surface area contributed by atoms with E-state index in [1.54, 1.807) is 93.9 Å². The molecule has 0 atom stereocenters. The van der Waals surface area contributed by atoms with E-state index in [0.29, 0.717) is 28.4 Å². The predicted octanol–water partition coefficient (Wildman–Crippen LogP) is 6.92. The minimum atomic E-state index is -0.552. The fourth-order valence-electron chi connectivity index (χ4n) is 3.33. The highest BCUT2D eigenvalue weighted by atomic mass is 16.5. The van der Waals surface area contributed by atoms with Gasteiger partial charge in [0.15, 0.2) is 11.6 Å². The first-order valence-corrected chi connectivity index (χ1v) is 12.3. The summed E-state index contributed by atoms with van der Waals surface area (Å²) in [5, 5.41) is 0. The Labute approximate surface area is 233 Å². The second-order valence-corrected chi connectivity index (χ2v) is 8.34. The molecule has 0 aliphatic rings. The molecule has 0 fully saturated rings. The van der Waals surface area contributed by atoms with Gasteiger partial charge in [-0.15, -0.1) is 0 Å². The van der Waals surface area contributed by atoms with Gasteiger partial charge in [-0.2, -0.15) is 0 Å². The van der Waals surface area contributed by atoms with Crippen LogP contribution in [-0.2, 0) is 9.53 Å². The Morgan fingerprint density at radius 1 is 0.500 bits per heavy atom. The van der Waals surface area contributed by atoms with Crippen LogP contribution in [0.5, 0.6) is 34.5 Å². The molecule has 0 spiro atoms. The quantitative estimate of drug-likeness (QED) is 0.121. The molecule has 40 heavy (non-hydrogen) atoms. The number of esters is 1. The molecule has 0 aliphatic carbocycles. The fraction of sp³-hybridized carbons (Fsp3) is 0.156. The summed E-state index contributed by atoms with van der Waals surface area (Å²) in [6.07, 6.45) is -0.269. The maximum Gasteiger partial charge on any atom is 0.313 e. The first-order chi connectivity index (χ1) is 19.3. The molecule has 0 heterocycles. The van der Waals surface area contributed by atoms with E-state index in [0.717, 1.165) is 17.2 Å². The highest BCUT2D eigenvalue weighted by Gasteiger charge is 2.12. The van der Waals surface area contributed by atoms with Crippen LogP contribution in [0.4, 0.5) is 0 Å². The number of benzene rings is 4. The van der Waals surface area contributed by atoms with Gasteiger partial charge < -0.3 is 23.7 Å². The van der Waals surface area contributed by atoms with Crippen molar-refractivity contribution in [3.63, 3.8) is 0 Å². The summed E-state index contributed by atoms with van der Waals surface area (Å²) >= 11 is 0. The molecule has 0 aliphatic heterocycles. The minimum absolute atomic E-state index is 0.0472. The van der Waals surface area contributed by atoms with E-state index in [-0.39, 0.29) is 18.0 Å². The first-order valence-electron chi connectivity index (χ1n) is 12.3. The number of rotatable bonds is 10. The molecular formula is C32H30O8. The highest BCUT2D eigenvalue weighted by Crippen LogP contribution is 2.25. The smallest absolute Gasteiger partial charge is 0.313 e. The summed E-state index contributed by atoms with van der Waals surface area (Å²) in [7, 11) is 4.47. The zero-order valence-electron chi connectivity index (χ0n) is 22.7. The number of hydrogen-bond donors (Lipinski definition) is 0. The Bertz CT molecular complexity index is 1390. The third-order valence-corrected chi connectivity index (χ3v) is 5.56. The Morgan fingerprint density at radius 2 is 0.825 bits per heavy atom. The second kappa shape index (κ2) is 14.7. The SMILES string of the molecule is COC(=O)CC(=O)c1ccc(Oc2ccc(OC)cc2)cc1.COc1ccc(Oc2ccc(C(C)=O)cc2)cc1. The van der Waals surface area contributed by atoms with Crippen LogP contribution < -0.4 is 18.9 Å². The Kier molecular flexibility index (Phi) is 10.8. The van der Waals surface area contributed by atoms with Crippen LogP contribution in [0.2, 0.25) is 0 Å². The van der Waals surface area contributed by atoms with Crippen LogP contribution in [0.3, 0.4) is 0 Å². The lowest BCUT2D eigenvalue weighted by atomic mass is 10.1. The van der Waals surface area contributed by atoms with Gasteiger partial charge in [0.25, 0.3) is 0 Å². The van der Waals surface area contributed by atoms with Crippen molar-refractivity contribution in [1.29, 1.82) is 0 Å². The first kappa shape index (κ1) is 29.4. The monoisotopic (exact) mass is 542 g/mol. The van der Waals surface area contributed by atoms with E-state index in [4.69, 9.17) is 18.9 Å². The van der Waals surface area contributed by atoms with E-state index in [9.17, 15) is 14.4 Å². The minimum Gasteiger partial charge on any atom is -0.497 e. The molecule has 4 rings (SSSR count). The zero-order valence-corrected chi connectivity index (χ0v) is 22.7.